The van der Waals surface area contributed by atoms with Gasteiger partial charge in [0.15, 0.2) is 0 Å². The van der Waals surface area contributed by atoms with Crippen LogP contribution in [0.1, 0.15) is 52.7 Å². The van der Waals surface area contributed by atoms with Gasteiger partial charge in [0.05, 0.1) is 22.0 Å². The molecule has 1 fully saturated rings. The van der Waals surface area contributed by atoms with Crippen LogP contribution in [0.15, 0.2) is 30.3 Å². The van der Waals surface area contributed by atoms with E-state index >= 15 is 0 Å². The van der Waals surface area contributed by atoms with Gasteiger partial charge in [-0.1, -0.05) is 6.92 Å². The number of aryl methyl sites for hydroxylation is 2. The molecule has 1 atom stereocenters. The van der Waals surface area contributed by atoms with Crippen LogP contribution >= 0.6 is 11.3 Å². The van der Waals surface area contributed by atoms with Crippen LogP contribution in [0.3, 0.4) is 0 Å². The molecule has 26 heavy (non-hydrogen) atoms. The van der Waals surface area contributed by atoms with Crippen molar-refractivity contribution < 1.29 is 9.53 Å². The highest BCUT2D eigenvalue weighted by Crippen LogP contribution is 2.33. The monoisotopic (exact) mass is 369 g/mol. The van der Waals surface area contributed by atoms with Crippen molar-refractivity contribution in [3.05, 3.63) is 45.9 Å². The van der Waals surface area contributed by atoms with Gasteiger partial charge < -0.3 is 14.6 Å². The lowest BCUT2D eigenvalue weighted by molar-refractivity contribution is 0.103. The van der Waals surface area contributed by atoms with Crippen LogP contribution in [0.2, 0.25) is 0 Å². The van der Waals surface area contributed by atoms with Crippen molar-refractivity contribution in [2.75, 3.05) is 11.9 Å². The molecule has 3 aromatic rings. The zero-order chi connectivity index (χ0) is 18.1. The van der Waals surface area contributed by atoms with Gasteiger partial charge in [-0.15, -0.1) is 11.3 Å². The second-order valence-electron chi connectivity index (χ2n) is 6.67. The Labute approximate surface area is 157 Å². The van der Waals surface area contributed by atoms with Crippen LogP contribution < -0.4 is 5.32 Å². The van der Waals surface area contributed by atoms with E-state index in [1.54, 1.807) is 0 Å². The summed E-state index contributed by atoms with van der Waals surface area (Å²) in [5.41, 5.74) is 2.80. The van der Waals surface area contributed by atoms with E-state index in [0.29, 0.717) is 4.88 Å². The molecule has 0 saturated carbocycles. The van der Waals surface area contributed by atoms with E-state index in [1.165, 1.54) is 11.3 Å². The largest absolute Gasteiger partial charge is 0.373 e. The van der Waals surface area contributed by atoms with Crippen molar-refractivity contribution >= 4 is 34.0 Å². The second kappa shape index (κ2) is 7.21. The second-order valence-corrected chi connectivity index (χ2v) is 7.79. The molecule has 1 aliphatic heterocycles. The lowest BCUT2D eigenvalue weighted by atomic mass is 10.2. The lowest BCUT2D eigenvalue weighted by Gasteiger charge is -2.06. The minimum Gasteiger partial charge on any atom is -0.373 e. The topological polar surface area (TPSA) is 56.2 Å². The third-order valence-corrected chi connectivity index (χ3v) is 5.92. The first kappa shape index (κ1) is 17.2. The molecule has 0 radical (unpaired) electrons. The van der Waals surface area contributed by atoms with Gasteiger partial charge in [-0.2, -0.15) is 0 Å². The zero-order valence-corrected chi connectivity index (χ0v) is 15.9. The molecule has 0 spiro atoms. The predicted octanol–water partition coefficient (Wildman–Crippen LogP) is 4.92. The van der Waals surface area contributed by atoms with Crippen LogP contribution in [0.25, 0.3) is 11.0 Å². The van der Waals surface area contributed by atoms with Crippen LogP contribution in [-0.2, 0) is 11.3 Å². The summed E-state index contributed by atoms with van der Waals surface area (Å²) in [7, 11) is 0. The standard InChI is InChI=1S/C20H23N3O2S/c1-3-10-23-13(2)21-15-12-14(6-7-16(15)23)22-20(24)19-9-8-18(26-19)17-5-4-11-25-17/h6-9,12,17H,3-5,10-11H2,1-2H3,(H,22,24). The molecule has 1 amide bonds. The fourth-order valence-electron chi connectivity index (χ4n) is 3.48. The number of imidazole rings is 1. The highest BCUT2D eigenvalue weighted by atomic mass is 32.1. The van der Waals surface area contributed by atoms with E-state index in [1.807, 2.05) is 37.3 Å². The Balaban J connectivity index is 1.52. The maximum Gasteiger partial charge on any atom is 0.265 e. The molecule has 0 bridgehead atoms. The quantitative estimate of drug-likeness (QED) is 0.694. The first-order chi connectivity index (χ1) is 12.7. The average molecular weight is 369 g/mol. The molecule has 1 N–H and O–H groups in total. The molecule has 1 saturated heterocycles. The van der Waals surface area contributed by atoms with Gasteiger partial charge in [0, 0.05) is 23.7 Å². The van der Waals surface area contributed by atoms with Crippen molar-refractivity contribution in [3.8, 4) is 0 Å². The van der Waals surface area contributed by atoms with Crippen LogP contribution in [0, 0.1) is 6.92 Å². The summed E-state index contributed by atoms with van der Waals surface area (Å²) in [4.78, 5) is 19.1. The Bertz CT molecular complexity index is 938. The van der Waals surface area contributed by atoms with Gasteiger partial charge in [0.2, 0.25) is 0 Å². The fraction of sp³-hybridized carbons (Fsp3) is 0.400. The number of nitrogens with one attached hydrogen (secondary N) is 1. The number of fused-ring (bicyclic) bond motifs is 1. The predicted molar refractivity (Wildman–Crippen MR) is 105 cm³/mol. The molecular weight excluding hydrogens is 346 g/mol. The summed E-state index contributed by atoms with van der Waals surface area (Å²) in [5.74, 6) is 0.924. The number of nitrogens with zero attached hydrogens (tertiary/aromatic N) is 2. The van der Waals surface area contributed by atoms with Gasteiger partial charge in [0.1, 0.15) is 5.82 Å². The molecule has 136 valence electrons. The molecule has 1 unspecified atom stereocenters. The van der Waals surface area contributed by atoms with Crippen molar-refractivity contribution in [3.63, 3.8) is 0 Å². The Morgan fingerprint density at radius 3 is 3.04 bits per heavy atom. The van der Waals surface area contributed by atoms with Crippen molar-refractivity contribution in [2.24, 2.45) is 0 Å². The van der Waals surface area contributed by atoms with E-state index in [9.17, 15) is 4.79 Å². The molecule has 4 rings (SSSR count). The number of aromatic nitrogens is 2. The Kier molecular flexibility index (Phi) is 4.78. The van der Waals surface area contributed by atoms with Crippen molar-refractivity contribution in [2.45, 2.75) is 45.8 Å². The number of amides is 1. The summed E-state index contributed by atoms with van der Waals surface area (Å²) in [5, 5.41) is 3.00. The summed E-state index contributed by atoms with van der Waals surface area (Å²) in [6.07, 6.45) is 3.35. The van der Waals surface area contributed by atoms with Gasteiger partial charge in [0.25, 0.3) is 5.91 Å². The normalized spacial score (nSPS) is 17.1. The molecule has 1 aromatic carbocycles. The number of thiophene rings is 1. The minimum atomic E-state index is -0.0803. The van der Waals surface area contributed by atoms with E-state index < -0.39 is 0 Å². The van der Waals surface area contributed by atoms with Gasteiger partial charge in [-0.05, 0) is 56.5 Å². The highest BCUT2D eigenvalue weighted by molar-refractivity contribution is 7.14. The fourth-order valence-corrected chi connectivity index (χ4v) is 4.46. The van der Waals surface area contributed by atoms with Gasteiger partial charge >= 0.3 is 0 Å². The van der Waals surface area contributed by atoms with Gasteiger partial charge in [-0.3, -0.25) is 4.79 Å². The molecule has 1 aliphatic rings. The van der Waals surface area contributed by atoms with Crippen molar-refractivity contribution in [1.29, 1.82) is 0 Å². The zero-order valence-electron chi connectivity index (χ0n) is 15.1. The van der Waals surface area contributed by atoms with Crippen LogP contribution in [0.5, 0.6) is 0 Å². The molecule has 5 nitrogen and oxygen atoms in total. The third-order valence-electron chi connectivity index (χ3n) is 4.74. The number of anilines is 1. The molecular formula is C20H23N3O2S. The van der Waals surface area contributed by atoms with Crippen molar-refractivity contribution in [1.82, 2.24) is 9.55 Å². The third kappa shape index (κ3) is 3.27. The average Bonchev–Trinajstić information content (AvgIpc) is 3.35. The van der Waals surface area contributed by atoms with Gasteiger partial charge in [-0.25, -0.2) is 4.98 Å². The Morgan fingerprint density at radius 1 is 1.38 bits per heavy atom. The highest BCUT2D eigenvalue weighted by Gasteiger charge is 2.21. The number of ether oxygens (including phenoxy) is 1. The molecule has 2 aromatic heterocycles. The minimum absolute atomic E-state index is 0.0803. The number of benzene rings is 1. The van der Waals surface area contributed by atoms with E-state index in [2.05, 4.69) is 21.8 Å². The Hall–Kier alpha value is -2.18. The molecule has 0 aliphatic carbocycles. The maximum atomic E-state index is 12.6. The summed E-state index contributed by atoms with van der Waals surface area (Å²) in [6.45, 7) is 5.95. The lowest BCUT2D eigenvalue weighted by Crippen LogP contribution is -2.10. The van der Waals surface area contributed by atoms with Crippen LogP contribution in [-0.4, -0.2) is 22.1 Å². The van der Waals surface area contributed by atoms with E-state index in [0.717, 1.165) is 59.8 Å². The summed E-state index contributed by atoms with van der Waals surface area (Å²) in [6, 6.07) is 9.82. The first-order valence-electron chi connectivity index (χ1n) is 9.15. The number of hydrogen-bond acceptors (Lipinski definition) is 4. The smallest absolute Gasteiger partial charge is 0.265 e. The molecule has 3 heterocycles. The number of carbonyl (C=O) groups excluding carboxylic acids is 1. The number of rotatable bonds is 5. The van der Waals surface area contributed by atoms with E-state index in [-0.39, 0.29) is 12.0 Å². The number of hydrogen-bond donors (Lipinski definition) is 1. The molecule has 6 heteroatoms. The summed E-state index contributed by atoms with van der Waals surface area (Å²) < 4.78 is 7.92. The first-order valence-corrected chi connectivity index (χ1v) is 9.97. The number of carbonyl (C=O) groups is 1. The summed E-state index contributed by atoms with van der Waals surface area (Å²) >= 11 is 1.52. The maximum absolute atomic E-state index is 12.6. The van der Waals surface area contributed by atoms with E-state index in [4.69, 9.17) is 4.74 Å². The SMILES string of the molecule is CCCn1c(C)nc2cc(NC(=O)c3ccc(C4CCCO4)s3)ccc21. The van der Waals surface area contributed by atoms with Crippen LogP contribution in [0.4, 0.5) is 5.69 Å². The Morgan fingerprint density at radius 2 is 2.27 bits per heavy atom.